The van der Waals surface area contributed by atoms with Gasteiger partial charge in [-0.05, 0) is 24.6 Å². The van der Waals surface area contributed by atoms with Crippen molar-refractivity contribution in [1.82, 2.24) is 19.7 Å². The molecular weight excluding hydrogens is 354 g/mol. The van der Waals surface area contributed by atoms with E-state index in [1.807, 2.05) is 39.9 Å². The molecule has 1 fully saturated rings. The average molecular weight is 379 g/mol. The first-order valence-corrected chi connectivity index (χ1v) is 9.62. The average Bonchev–Trinajstić information content (AvgIpc) is 3.34. The largest absolute Gasteiger partial charge is 0.496 e. The minimum absolute atomic E-state index is 0.121. The fourth-order valence-corrected chi connectivity index (χ4v) is 3.95. The number of nitrogens with zero attached hydrogens (tertiary/aromatic N) is 4. The molecule has 0 unspecified atom stereocenters. The molecule has 28 heavy (non-hydrogen) atoms. The number of rotatable bonds is 6. The Morgan fingerprint density at radius 3 is 2.96 bits per heavy atom. The summed E-state index contributed by atoms with van der Waals surface area (Å²) in [5.41, 5.74) is 8.52. The van der Waals surface area contributed by atoms with Crippen LogP contribution in [0.5, 0.6) is 5.75 Å². The van der Waals surface area contributed by atoms with Crippen LogP contribution in [0.4, 0.5) is 0 Å². The Labute approximate surface area is 164 Å². The normalized spacial score (nSPS) is 16.6. The van der Waals surface area contributed by atoms with E-state index in [9.17, 15) is 4.79 Å². The van der Waals surface area contributed by atoms with Gasteiger partial charge in [0, 0.05) is 42.7 Å². The number of aromatic nitrogens is 3. The van der Waals surface area contributed by atoms with Gasteiger partial charge in [0.15, 0.2) is 5.65 Å². The van der Waals surface area contributed by atoms with Crippen molar-refractivity contribution >= 4 is 16.9 Å². The molecule has 7 nitrogen and oxygen atoms in total. The van der Waals surface area contributed by atoms with Crippen molar-refractivity contribution in [2.45, 2.75) is 25.3 Å². The molecule has 3 aromatic rings. The van der Waals surface area contributed by atoms with Gasteiger partial charge in [-0.2, -0.15) is 5.10 Å². The van der Waals surface area contributed by atoms with E-state index in [0.29, 0.717) is 26.1 Å². The van der Waals surface area contributed by atoms with E-state index in [4.69, 9.17) is 15.6 Å². The topological polar surface area (TPSA) is 86.3 Å². The predicted molar refractivity (Wildman–Crippen MR) is 107 cm³/mol. The molecule has 0 saturated carbocycles. The number of ether oxygens (including phenoxy) is 1. The Kier molecular flexibility index (Phi) is 5.25. The zero-order chi connectivity index (χ0) is 19.5. The highest BCUT2D eigenvalue weighted by molar-refractivity contribution is 5.81. The zero-order valence-corrected chi connectivity index (χ0v) is 16.0. The standard InChI is InChI=1S/C21H25N5O2/c1-28-18-7-3-2-5-15(18)13-19(27)25-11-8-16(14-25)20-17-6-4-10-23-21(17)26(24-20)12-9-22/h2-7,10,16H,8-9,11-14,22H2,1H3/t16-/m1/s1. The number of benzene rings is 1. The van der Waals surface area contributed by atoms with Gasteiger partial charge < -0.3 is 15.4 Å². The van der Waals surface area contributed by atoms with Crippen LogP contribution in [0.1, 0.15) is 23.6 Å². The van der Waals surface area contributed by atoms with Crippen molar-refractivity contribution in [3.63, 3.8) is 0 Å². The lowest BCUT2D eigenvalue weighted by Crippen LogP contribution is -2.30. The molecule has 7 heteroatoms. The lowest BCUT2D eigenvalue weighted by atomic mass is 10.0. The van der Waals surface area contributed by atoms with Gasteiger partial charge in [-0.1, -0.05) is 18.2 Å². The van der Waals surface area contributed by atoms with E-state index in [-0.39, 0.29) is 11.8 Å². The maximum absolute atomic E-state index is 12.8. The molecular formula is C21H25N5O2. The molecule has 1 aliphatic rings. The van der Waals surface area contributed by atoms with Crippen LogP contribution in [0, 0.1) is 0 Å². The quantitative estimate of drug-likeness (QED) is 0.707. The van der Waals surface area contributed by atoms with E-state index >= 15 is 0 Å². The molecule has 4 rings (SSSR count). The Morgan fingerprint density at radius 2 is 2.14 bits per heavy atom. The van der Waals surface area contributed by atoms with Crippen LogP contribution >= 0.6 is 0 Å². The number of methoxy groups -OCH3 is 1. The number of para-hydroxylation sites is 1. The zero-order valence-electron chi connectivity index (χ0n) is 16.0. The highest BCUT2D eigenvalue weighted by Crippen LogP contribution is 2.31. The third-order valence-corrected chi connectivity index (χ3v) is 5.34. The van der Waals surface area contributed by atoms with Crippen molar-refractivity contribution in [3.8, 4) is 5.75 Å². The first-order valence-electron chi connectivity index (χ1n) is 9.62. The maximum atomic E-state index is 12.8. The number of hydrogen-bond donors (Lipinski definition) is 1. The number of nitrogens with two attached hydrogens (primary N) is 1. The molecule has 146 valence electrons. The second-order valence-electron chi connectivity index (χ2n) is 7.09. The fourth-order valence-electron chi connectivity index (χ4n) is 3.95. The van der Waals surface area contributed by atoms with Crippen molar-refractivity contribution < 1.29 is 9.53 Å². The first kappa shape index (κ1) is 18.4. The van der Waals surface area contributed by atoms with Crippen LogP contribution < -0.4 is 10.5 Å². The second-order valence-corrected chi connectivity index (χ2v) is 7.09. The molecule has 3 heterocycles. The molecule has 2 aromatic heterocycles. The van der Waals surface area contributed by atoms with Crippen LogP contribution in [0.15, 0.2) is 42.6 Å². The van der Waals surface area contributed by atoms with Gasteiger partial charge in [-0.3, -0.25) is 4.79 Å². The number of hydrogen-bond acceptors (Lipinski definition) is 5. The number of amides is 1. The van der Waals surface area contributed by atoms with Crippen LogP contribution in [0.2, 0.25) is 0 Å². The van der Waals surface area contributed by atoms with Gasteiger partial charge in [0.2, 0.25) is 5.91 Å². The molecule has 0 radical (unpaired) electrons. The van der Waals surface area contributed by atoms with Gasteiger partial charge >= 0.3 is 0 Å². The Bertz CT molecular complexity index is 984. The Balaban J connectivity index is 1.51. The van der Waals surface area contributed by atoms with Crippen molar-refractivity contribution in [3.05, 3.63) is 53.9 Å². The Morgan fingerprint density at radius 1 is 1.29 bits per heavy atom. The number of fused-ring (bicyclic) bond motifs is 1. The van der Waals surface area contributed by atoms with E-state index in [0.717, 1.165) is 41.0 Å². The van der Waals surface area contributed by atoms with Gasteiger partial charge in [-0.15, -0.1) is 0 Å². The number of pyridine rings is 1. The number of likely N-dealkylation sites (tertiary alicyclic amines) is 1. The molecule has 0 aliphatic carbocycles. The molecule has 0 bridgehead atoms. The van der Waals surface area contributed by atoms with Gasteiger partial charge in [0.1, 0.15) is 5.75 Å². The summed E-state index contributed by atoms with van der Waals surface area (Å²) in [6.07, 6.45) is 3.03. The molecule has 1 aliphatic heterocycles. The van der Waals surface area contributed by atoms with Gasteiger partial charge in [0.25, 0.3) is 0 Å². The summed E-state index contributed by atoms with van der Waals surface area (Å²) in [5, 5.41) is 5.84. The minimum Gasteiger partial charge on any atom is -0.496 e. The predicted octanol–water partition coefficient (Wildman–Crippen LogP) is 1.96. The number of carbonyl (C=O) groups is 1. The summed E-state index contributed by atoms with van der Waals surface area (Å²) in [6, 6.07) is 11.7. The van der Waals surface area contributed by atoms with E-state index in [1.54, 1.807) is 13.3 Å². The molecule has 1 saturated heterocycles. The highest BCUT2D eigenvalue weighted by atomic mass is 16.5. The summed E-state index contributed by atoms with van der Waals surface area (Å²) in [5.74, 6) is 1.09. The fraction of sp³-hybridized carbons (Fsp3) is 0.381. The molecule has 1 atom stereocenters. The van der Waals surface area contributed by atoms with Crippen molar-refractivity contribution in [2.75, 3.05) is 26.7 Å². The molecule has 0 spiro atoms. The first-order chi connectivity index (χ1) is 13.7. The van der Waals surface area contributed by atoms with Crippen LogP contribution in [-0.4, -0.2) is 52.3 Å². The van der Waals surface area contributed by atoms with Crippen LogP contribution in [0.3, 0.4) is 0 Å². The molecule has 2 N–H and O–H groups in total. The smallest absolute Gasteiger partial charge is 0.227 e. The third kappa shape index (κ3) is 3.45. The SMILES string of the molecule is COc1ccccc1CC(=O)N1CC[C@@H](c2nn(CCN)c3ncccc23)C1. The second kappa shape index (κ2) is 7.98. The van der Waals surface area contributed by atoms with E-state index in [2.05, 4.69) is 11.1 Å². The maximum Gasteiger partial charge on any atom is 0.227 e. The lowest BCUT2D eigenvalue weighted by molar-refractivity contribution is -0.129. The summed E-state index contributed by atoms with van der Waals surface area (Å²) in [4.78, 5) is 19.3. The lowest BCUT2D eigenvalue weighted by Gasteiger charge is -2.17. The Hall–Kier alpha value is -2.93. The molecule has 1 amide bonds. The highest BCUT2D eigenvalue weighted by Gasteiger charge is 2.31. The monoisotopic (exact) mass is 379 g/mol. The summed E-state index contributed by atoms with van der Waals surface area (Å²) in [7, 11) is 1.63. The summed E-state index contributed by atoms with van der Waals surface area (Å²) in [6.45, 7) is 2.57. The van der Waals surface area contributed by atoms with Crippen LogP contribution in [0.25, 0.3) is 11.0 Å². The van der Waals surface area contributed by atoms with Gasteiger partial charge in [0.05, 0.1) is 25.8 Å². The van der Waals surface area contributed by atoms with Crippen LogP contribution in [-0.2, 0) is 17.8 Å². The van der Waals surface area contributed by atoms with E-state index in [1.165, 1.54) is 0 Å². The summed E-state index contributed by atoms with van der Waals surface area (Å²) < 4.78 is 7.25. The number of carbonyl (C=O) groups excluding carboxylic acids is 1. The third-order valence-electron chi connectivity index (χ3n) is 5.34. The summed E-state index contributed by atoms with van der Waals surface area (Å²) >= 11 is 0. The minimum atomic E-state index is 0.121. The van der Waals surface area contributed by atoms with Crippen molar-refractivity contribution in [2.24, 2.45) is 5.73 Å². The van der Waals surface area contributed by atoms with Crippen molar-refractivity contribution in [1.29, 1.82) is 0 Å². The molecule has 1 aromatic carbocycles. The van der Waals surface area contributed by atoms with Gasteiger partial charge in [-0.25, -0.2) is 9.67 Å². The van der Waals surface area contributed by atoms with E-state index < -0.39 is 0 Å².